The summed E-state index contributed by atoms with van der Waals surface area (Å²) in [5.41, 5.74) is 1.67. The van der Waals surface area contributed by atoms with Crippen molar-refractivity contribution >= 4 is 28.7 Å². The smallest absolute Gasteiger partial charge is 0.264 e. The summed E-state index contributed by atoms with van der Waals surface area (Å²) in [6, 6.07) is 3.65. The molecule has 0 atom stereocenters. The Labute approximate surface area is 181 Å². The van der Waals surface area contributed by atoms with Crippen LogP contribution in [0.5, 0.6) is 0 Å². The number of pyridine rings is 2. The zero-order valence-corrected chi connectivity index (χ0v) is 18.0. The zero-order valence-electron chi connectivity index (χ0n) is 17.2. The number of hydrogen-bond donors (Lipinski definition) is 0. The quantitative estimate of drug-likeness (QED) is 0.323. The van der Waals surface area contributed by atoms with Crippen LogP contribution in [0.3, 0.4) is 0 Å². The molecule has 4 heterocycles. The minimum absolute atomic E-state index is 0.0268. The third-order valence-corrected chi connectivity index (χ3v) is 6.15. The van der Waals surface area contributed by atoms with E-state index in [9.17, 15) is 9.18 Å². The van der Waals surface area contributed by atoms with Gasteiger partial charge in [0.05, 0.1) is 0 Å². The Morgan fingerprint density at radius 3 is 2.77 bits per heavy atom. The number of Topliss-reactive ketones (excluding diaryl/α,β-unsaturated/α-hetero) is 1. The topological polar surface area (TPSA) is 99.6 Å². The van der Waals surface area contributed by atoms with Crippen LogP contribution in [-0.4, -0.2) is 41.2 Å². The van der Waals surface area contributed by atoms with Crippen LogP contribution in [0.2, 0.25) is 0 Å². The van der Waals surface area contributed by atoms with E-state index in [-0.39, 0.29) is 11.7 Å². The highest BCUT2D eigenvalue weighted by Crippen LogP contribution is 2.49. The third kappa shape index (κ3) is 3.40. The highest BCUT2D eigenvalue weighted by molar-refractivity contribution is 7.99. The Kier molecular flexibility index (Phi) is 4.62. The fourth-order valence-corrected chi connectivity index (χ4v) is 4.13. The molecule has 0 saturated heterocycles. The molecule has 10 heteroatoms. The molecule has 5 rings (SSSR count). The molecule has 8 nitrogen and oxygen atoms in total. The number of carbonyl (C=O) groups is 1. The first-order chi connectivity index (χ1) is 14.9. The molecule has 4 aromatic rings. The molecule has 1 fully saturated rings. The van der Waals surface area contributed by atoms with Crippen molar-refractivity contribution < 1.29 is 13.7 Å². The van der Waals surface area contributed by atoms with Crippen LogP contribution in [0.15, 0.2) is 33.9 Å². The number of halogens is 1. The van der Waals surface area contributed by atoms with Gasteiger partial charge in [-0.2, -0.15) is 4.98 Å². The van der Waals surface area contributed by atoms with Crippen molar-refractivity contribution in [1.82, 2.24) is 29.7 Å². The fraction of sp³-hybridized carbons (Fsp3) is 0.333. The van der Waals surface area contributed by atoms with Crippen LogP contribution in [-0.2, 0) is 12.7 Å². The van der Waals surface area contributed by atoms with E-state index in [0.29, 0.717) is 52.5 Å². The summed E-state index contributed by atoms with van der Waals surface area (Å²) >= 11 is 1.61. The molecule has 1 aliphatic carbocycles. The second-order valence-electron chi connectivity index (χ2n) is 7.51. The van der Waals surface area contributed by atoms with Gasteiger partial charge in [0, 0.05) is 35.5 Å². The number of rotatable bonds is 6. The molecule has 0 amide bonds. The van der Waals surface area contributed by atoms with Crippen molar-refractivity contribution in [2.24, 2.45) is 7.05 Å². The van der Waals surface area contributed by atoms with E-state index >= 15 is 0 Å². The lowest BCUT2D eigenvalue weighted by molar-refractivity contribution is 0.101. The van der Waals surface area contributed by atoms with Crippen LogP contribution < -0.4 is 0 Å². The lowest BCUT2D eigenvalue weighted by Gasteiger charge is -2.08. The van der Waals surface area contributed by atoms with Gasteiger partial charge in [-0.15, -0.1) is 11.8 Å². The number of ketones is 1. The molecule has 0 unspecified atom stereocenters. The summed E-state index contributed by atoms with van der Waals surface area (Å²) in [5, 5.41) is 3.94. The maximum atomic E-state index is 14.2. The Balaban J connectivity index is 1.58. The maximum Gasteiger partial charge on any atom is 0.264 e. The molecule has 0 bridgehead atoms. The predicted molar refractivity (Wildman–Crippen MR) is 113 cm³/mol. The third-order valence-electron chi connectivity index (χ3n) is 5.24. The molecule has 0 aliphatic heterocycles. The van der Waals surface area contributed by atoms with Crippen molar-refractivity contribution in [3.8, 4) is 22.9 Å². The molecule has 0 radical (unpaired) electrons. The van der Waals surface area contributed by atoms with Gasteiger partial charge in [-0.3, -0.25) is 9.78 Å². The van der Waals surface area contributed by atoms with Gasteiger partial charge in [-0.25, -0.2) is 14.4 Å². The lowest BCUT2D eigenvalue weighted by Crippen LogP contribution is -1.99. The van der Waals surface area contributed by atoms with E-state index in [1.54, 1.807) is 30.2 Å². The highest BCUT2D eigenvalue weighted by atomic mass is 32.2. The van der Waals surface area contributed by atoms with Crippen LogP contribution in [0.25, 0.3) is 34.1 Å². The maximum absolute atomic E-state index is 14.2. The van der Waals surface area contributed by atoms with Gasteiger partial charge in [-0.05, 0) is 37.7 Å². The van der Waals surface area contributed by atoms with Crippen LogP contribution in [0.4, 0.5) is 4.39 Å². The summed E-state index contributed by atoms with van der Waals surface area (Å²) in [6.07, 6.45) is 4.01. The SMILES string of the molecule is CCSc1cc(-c2noc(C3(F)CC3)n2)cnc1-c1nc2cc(C(C)=O)cnc2n1C. The largest absolute Gasteiger partial charge is 0.335 e. The van der Waals surface area contributed by atoms with Crippen LogP contribution in [0.1, 0.15) is 42.9 Å². The summed E-state index contributed by atoms with van der Waals surface area (Å²) < 4.78 is 21.2. The second-order valence-corrected chi connectivity index (χ2v) is 8.82. The van der Waals surface area contributed by atoms with Crippen LogP contribution >= 0.6 is 11.8 Å². The Morgan fingerprint density at radius 1 is 1.26 bits per heavy atom. The Morgan fingerprint density at radius 2 is 2.06 bits per heavy atom. The monoisotopic (exact) mass is 438 g/mol. The van der Waals surface area contributed by atoms with Gasteiger partial charge in [-0.1, -0.05) is 12.1 Å². The van der Waals surface area contributed by atoms with E-state index in [4.69, 9.17) is 4.52 Å². The Hall–Kier alpha value is -3.14. The number of alkyl halides is 1. The number of hydrogen-bond acceptors (Lipinski definition) is 8. The molecular weight excluding hydrogens is 419 g/mol. The molecule has 1 saturated carbocycles. The molecule has 1 aliphatic rings. The molecular formula is C21H19FN6O2S. The van der Waals surface area contributed by atoms with Gasteiger partial charge in [0.15, 0.2) is 22.9 Å². The fourth-order valence-electron chi connectivity index (χ4n) is 3.33. The van der Waals surface area contributed by atoms with Crippen molar-refractivity contribution in [3.05, 3.63) is 36.0 Å². The second kappa shape index (κ2) is 7.23. The van der Waals surface area contributed by atoms with Gasteiger partial charge < -0.3 is 9.09 Å². The summed E-state index contributed by atoms with van der Waals surface area (Å²) in [6.45, 7) is 3.55. The summed E-state index contributed by atoms with van der Waals surface area (Å²) in [4.78, 5) is 30.5. The number of nitrogens with zero attached hydrogens (tertiary/aromatic N) is 6. The van der Waals surface area contributed by atoms with Gasteiger partial charge in [0.25, 0.3) is 5.89 Å². The summed E-state index contributed by atoms with van der Waals surface area (Å²) in [7, 11) is 1.86. The van der Waals surface area contributed by atoms with E-state index < -0.39 is 5.67 Å². The first kappa shape index (κ1) is 19.8. The lowest BCUT2D eigenvalue weighted by atomic mass is 10.2. The van der Waals surface area contributed by atoms with Crippen molar-refractivity contribution in [2.45, 2.75) is 37.3 Å². The minimum atomic E-state index is -1.47. The van der Waals surface area contributed by atoms with Crippen LogP contribution in [0, 0.1) is 0 Å². The van der Waals surface area contributed by atoms with Gasteiger partial charge in [0.1, 0.15) is 11.2 Å². The van der Waals surface area contributed by atoms with Crippen molar-refractivity contribution in [1.29, 1.82) is 0 Å². The molecule has 4 aromatic heterocycles. The molecule has 158 valence electrons. The van der Waals surface area contributed by atoms with Crippen molar-refractivity contribution in [3.63, 3.8) is 0 Å². The van der Waals surface area contributed by atoms with Gasteiger partial charge >= 0.3 is 0 Å². The zero-order chi connectivity index (χ0) is 21.8. The molecule has 0 N–H and O–H groups in total. The molecule has 31 heavy (non-hydrogen) atoms. The normalized spacial score (nSPS) is 14.8. The number of imidazole rings is 1. The molecule has 0 aromatic carbocycles. The van der Waals surface area contributed by atoms with E-state index in [2.05, 4.69) is 25.1 Å². The Bertz CT molecular complexity index is 1330. The average molecular weight is 438 g/mol. The van der Waals surface area contributed by atoms with E-state index in [0.717, 1.165) is 10.6 Å². The first-order valence-electron chi connectivity index (χ1n) is 9.89. The summed E-state index contributed by atoms with van der Waals surface area (Å²) in [5.74, 6) is 1.74. The van der Waals surface area contributed by atoms with Gasteiger partial charge in [0.2, 0.25) is 5.82 Å². The van der Waals surface area contributed by atoms with Crippen molar-refractivity contribution in [2.75, 3.05) is 5.75 Å². The predicted octanol–water partition coefficient (Wildman–Crippen LogP) is 4.35. The number of aryl methyl sites for hydroxylation is 1. The number of aromatic nitrogens is 6. The van der Waals surface area contributed by atoms with E-state index in [1.807, 2.05) is 24.6 Å². The first-order valence-corrected chi connectivity index (χ1v) is 10.9. The average Bonchev–Trinajstić information content (AvgIpc) is 3.19. The molecule has 0 spiro atoms. The standard InChI is InChI=1S/C21H19FN6O2S/c1-4-31-15-8-13(17-26-20(30-27-17)21(22)5-6-21)10-23-16(15)19-25-14-7-12(11(2)29)9-24-18(14)28(19)3/h7-10H,4-6H2,1-3H3. The highest BCUT2D eigenvalue weighted by Gasteiger charge is 2.50. The number of fused-ring (bicyclic) bond motifs is 1. The minimum Gasteiger partial charge on any atom is -0.335 e. The number of thioether (sulfide) groups is 1. The van der Waals surface area contributed by atoms with E-state index in [1.165, 1.54) is 6.92 Å². The number of carbonyl (C=O) groups excluding carboxylic acids is 1.